The molecule has 25 heavy (non-hydrogen) atoms. The SMILES string of the molecule is O=C(O)CCCN(Cc1ccccc1)C(=O)CNC(=O)c1cccs1. The number of amides is 2. The summed E-state index contributed by atoms with van der Waals surface area (Å²) < 4.78 is 0. The van der Waals surface area contributed by atoms with Gasteiger partial charge in [0.1, 0.15) is 0 Å². The fraction of sp³-hybridized carbons (Fsp3) is 0.278. The van der Waals surface area contributed by atoms with Crippen LogP contribution in [0.2, 0.25) is 0 Å². The van der Waals surface area contributed by atoms with Crippen LogP contribution in [-0.2, 0) is 16.1 Å². The van der Waals surface area contributed by atoms with Crippen molar-refractivity contribution in [3.8, 4) is 0 Å². The van der Waals surface area contributed by atoms with E-state index in [1.54, 1.807) is 22.4 Å². The molecule has 0 bridgehead atoms. The van der Waals surface area contributed by atoms with Crippen LogP contribution >= 0.6 is 11.3 Å². The number of carbonyl (C=O) groups is 3. The molecule has 6 nitrogen and oxygen atoms in total. The molecule has 1 aromatic heterocycles. The Bertz CT molecular complexity index is 701. The molecular formula is C18H20N2O4S. The van der Waals surface area contributed by atoms with E-state index in [1.165, 1.54) is 11.3 Å². The second kappa shape index (κ2) is 9.58. The van der Waals surface area contributed by atoms with Crippen molar-refractivity contribution in [2.75, 3.05) is 13.1 Å². The molecule has 0 atom stereocenters. The van der Waals surface area contributed by atoms with Gasteiger partial charge in [0.05, 0.1) is 11.4 Å². The lowest BCUT2D eigenvalue weighted by Crippen LogP contribution is -2.40. The number of nitrogens with zero attached hydrogens (tertiary/aromatic N) is 1. The van der Waals surface area contributed by atoms with E-state index in [2.05, 4.69) is 5.32 Å². The molecule has 0 saturated carbocycles. The second-order valence-electron chi connectivity index (χ2n) is 5.46. The maximum atomic E-state index is 12.5. The fourth-order valence-electron chi connectivity index (χ4n) is 2.28. The van der Waals surface area contributed by atoms with E-state index in [0.717, 1.165) is 5.56 Å². The molecule has 7 heteroatoms. The van der Waals surface area contributed by atoms with Gasteiger partial charge in [-0.1, -0.05) is 36.4 Å². The highest BCUT2D eigenvalue weighted by molar-refractivity contribution is 7.12. The van der Waals surface area contributed by atoms with Crippen molar-refractivity contribution in [1.82, 2.24) is 10.2 Å². The molecule has 1 heterocycles. The molecule has 1 aromatic carbocycles. The second-order valence-corrected chi connectivity index (χ2v) is 6.41. The van der Waals surface area contributed by atoms with Crippen LogP contribution in [0, 0.1) is 0 Å². The Kier molecular flexibility index (Phi) is 7.16. The van der Waals surface area contributed by atoms with Gasteiger partial charge in [-0.05, 0) is 23.4 Å². The van der Waals surface area contributed by atoms with Crippen molar-refractivity contribution >= 4 is 29.1 Å². The van der Waals surface area contributed by atoms with Crippen molar-refractivity contribution < 1.29 is 19.5 Å². The number of nitrogens with one attached hydrogen (secondary N) is 1. The number of carbonyl (C=O) groups excluding carboxylic acids is 2. The zero-order valence-electron chi connectivity index (χ0n) is 13.7. The molecule has 0 aliphatic carbocycles. The van der Waals surface area contributed by atoms with Crippen molar-refractivity contribution in [3.05, 3.63) is 58.3 Å². The molecule has 0 radical (unpaired) electrons. The molecule has 0 aliphatic heterocycles. The van der Waals surface area contributed by atoms with Gasteiger partial charge in [-0.3, -0.25) is 14.4 Å². The molecule has 0 aliphatic rings. The van der Waals surface area contributed by atoms with E-state index in [4.69, 9.17) is 5.11 Å². The van der Waals surface area contributed by atoms with E-state index in [-0.39, 0.29) is 24.8 Å². The van der Waals surface area contributed by atoms with Gasteiger partial charge in [0.25, 0.3) is 5.91 Å². The normalized spacial score (nSPS) is 10.2. The van der Waals surface area contributed by atoms with E-state index >= 15 is 0 Å². The highest BCUT2D eigenvalue weighted by atomic mass is 32.1. The molecule has 2 rings (SSSR count). The van der Waals surface area contributed by atoms with Crippen LogP contribution in [0.4, 0.5) is 0 Å². The zero-order chi connectivity index (χ0) is 18.1. The third-order valence-corrected chi connectivity index (χ3v) is 4.40. The summed E-state index contributed by atoms with van der Waals surface area (Å²) in [5, 5.41) is 13.2. The lowest BCUT2D eigenvalue weighted by molar-refractivity contribution is -0.138. The van der Waals surface area contributed by atoms with Crippen LogP contribution in [0.1, 0.15) is 28.1 Å². The Labute approximate surface area is 150 Å². The van der Waals surface area contributed by atoms with Crippen molar-refractivity contribution in [3.63, 3.8) is 0 Å². The van der Waals surface area contributed by atoms with Crippen molar-refractivity contribution in [2.45, 2.75) is 19.4 Å². The summed E-state index contributed by atoms with van der Waals surface area (Å²) in [6.07, 6.45) is 0.368. The number of hydrogen-bond donors (Lipinski definition) is 2. The van der Waals surface area contributed by atoms with Crippen LogP contribution in [0.3, 0.4) is 0 Å². The third-order valence-electron chi connectivity index (χ3n) is 3.53. The predicted octanol–water partition coefficient (Wildman–Crippen LogP) is 2.37. The van der Waals surface area contributed by atoms with Crippen molar-refractivity contribution in [2.24, 2.45) is 0 Å². The Balaban J connectivity index is 1.93. The van der Waals surface area contributed by atoms with Gasteiger partial charge in [0.15, 0.2) is 0 Å². The monoisotopic (exact) mass is 360 g/mol. The van der Waals surface area contributed by atoms with Gasteiger partial charge in [-0.15, -0.1) is 11.3 Å². The summed E-state index contributed by atoms with van der Waals surface area (Å²) in [5.74, 6) is -1.41. The first-order chi connectivity index (χ1) is 12.1. The van der Waals surface area contributed by atoms with Crippen LogP contribution < -0.4 is 5.32 Å². The minimum Gasteiger partial charge on any atom is -0.481 e. The van der Waals surface area contributed by atoms with Gasteiger partial charge in [-0.2, -0.15) is 0 Å². The minimum absolute atomic E-state index is 0.000123. The molecule has 0 spiro atoms. The lowest BCUT2D eigenvalue weighted by atomic mass is 10.2. The molecule has 0 saturated heterocycles. The summed E-state index contributed by atoms with van der Waals surface area (Å²) in [4.78, 5) is 37.2. The Hall–Kier alpha value is -2.67. The van der Waals surface area contributed by atoms with Gasteiger partial charge in [0.2, 0.25) is 5.91 Å². The van der Waals surface area contributed by atoms with Gasteiger partial charge in [0, 0.05) is 19.5 Å². The maximum Gasteiger partial charge on any atom is 0.303 e. The number of carboxylic acids is 1. The van der Waals surface area contributed by atoms with E-state index < -0.39 is 5.97 Å². The Morgan fingerprint density at radius 3 is 2.48 bits per heavy atom. The van der Waals surface area contributed by atoms with E-state index in [1.807, 2.05) is 30.3 Å². The largest absolute Gasteiger partial charge is 0.481 e. The minimum atomic E-state index is -0.891. The van der Waals surface area contributed by atoms with Crippen LogP contribution in [0.25, 0.3) is 0 Å². The summed E-state index contributed by atoms with van der Waals surface area (Å²) in [6.45, 7) is 0.597. The van der Waals surface area contributed by atoms with Crippen molar-refractivity contribution in [1.29, 1.82) is 0 Å². The summed E-state index contributed by atoms with van der Waals surface area (Å²) in [5.41, 5.74) is 0.954. The molecule has 2 N–H and O–H groups in total. The predicted molar refractivity (Wildman–Crippen MR) is 95.4 cm³/mol. The standard InChI is InChI=1S/C18H20N2O4S/c21-16(12-19-18(24)15-8-5-11-25-15)20(10-4-9-17(22)23)13-14-6-2-1-3-7-14/h1-3,5-8,11H,4,9-10,12-13H2,(H,19,24)(H,22,23). The van der Waals surface area contributed by atoms with Crippen LogP contribution in [0.15, 0.2) is 47.8 Å². The number of hydrogen-bond acceptors (Lipinski definition) is 4. The van der Waals surface area contributed by atoms with Gasteiger partial charge >= 0.3 is 5.97 Å². The van der Waals surface area contributed by atoms with Crippen LogP contribution in [-0.4, -0.2) is 40.9 Å². The summed E-state index contributed by atoms with van der Waals surface area (Å²) in [6, 6.07) is 12.9. The first-order valence-corrected chi connectivity index (χ1v) is 8.79. The summed E-state index contributed by atoms with van der Waals surface area (Å²) in [7, 11) is 0. The fourth-order valence-corrected chi connectivity index (χ4v) is 2.92. The highest BCUT2D eigenvalue weighted by Crippen LogP contribution is 2.09. The highest BCUT2D eigenvalue weighted by Gasteiger charge is 2.16. The molecule has 0 fully saturated rings. The first-order valence-electron chi connectivity index (χ1n) is 7.91. The molecule has 0 unspecified atom stereocenters. The maximum absolute atomic E-state index is 12.5. The van der Waals surface area contributed by atoms with Gasteiger partial charge < -0.3 is 15.3 Å². The van der Waals surface area contributed by atoms with Gasteiger partial charge in [-0.25, -0.2) is 0 Å². The number of thiophene rings is 1. The van der Waals surface area contributed by atoms with Crippen LogP contribution in [0.5, 0.6) is 0 Å². The number of rotatable bonds is 9. The molecule has 2 amide bonds. The zero-order valence-corrected chi connectivity index (χ0v) is 14.5. The first kappa shape index (κ1) is 18.7. The molecular weight excluding hydrogens is 340 g/mol. The quantitative estimate of drug-likeness (QED) is 0.719. The average molecular weight is 360 g/mol. The Morgan fingerprint density at radius 2 is 1.84 bits per heavy atom. The number of carboxylic acid groups (broad SMARTS) is 1. The average Bonchev–Trinajstić information content (AvgIpc) is 3.14. The topological polar surface area (TPSA) is 86.7 Å². The van der Waals surface area contributed by atoms with E-state index in [0.29, 0.717) is 24.4 Å². The number of aliphatic carboxylic acids is 1. The smallest absolute Gasteiger partial charge is 0.303 e. The lowest BCUT2D eigenvalue weighted by Gasteiger charge is -2.23. The third kappa shape index (κ3) is 6.39. The molecule has 132 valence electrons. The molecule has 2 aromatic rings. The number of benzene rings is 1. The Morgan fingerprint density at radius 1 is 1.08 bits per heavy atom. The summed E-state index contributed by atoms with van der Waals surface area (Å²) >= 11 is 1.31. The van der Waals surface area contributed by atoms with E-state index in [9.17, 15) is 14.4 Å².